The Kier molecular flexibility index (Phi) is 21.6. The van der Waals surface area contributed by atoms with E-state index in [9.17, 15) is 0 Å². The van der Waals surface area contributed by atoms with Crippen LogP contribution in [0.25, 0.3) is 240 Å². The molecule has 6 aromatic heterocycles. The summed E-state index contributed by atoms with van der Waals surface area (Å²) in [6.45, 7) is 0. The summed E-state index contributed by atoms with van der Waals surface area (Å²) in [5.41, 5.74) is 22.6. The van der Waals surface area contributed by atoms with Crippen molar-refractivity contribution in [3.05, 3.63) is 514 Å². The van der Waals surface area contributed by atoms with Crippen molar-refractivity contribution in [2.24, 2.45) is 0 Å². The third-order valence-electron chi connectivity index (χ3n) is 27.3. The quantitative estimate of drug-likeness (QED) is 0.105. The topological polar surface area (TPSA) is 116 Å². The molecule has 0 atom stereocenters. The molecule has 0 saturated heterocycles. The molecule has 0 amide bonds. The number of rotatable bonds is 14. The Morgan fingerprint density at radius 2 is 0.415 bits per heavy atom. The number of benzene rings is 21. The van der Waals surface area contributed by atoms with E-state index >= 15 is 0 Å². The summed E-state index contributed by atoms with van der Waals surface area (Å²) in [6, 6.07) is 173. The van der Waals surface area contributed by atoms with Crippen LogP contribution in [0.15, 0.2) is 491 Å². The Morgan fingerprint density at radius 3 is 0.859 bits per heavy atom. The molecule has 0 unspecified atom stereocenters. The van der Waals surface area contributed by atoms with Crippen LogP contribution in [0.1, 0.15) is 22.3 Å². The minimum atomic E-state index is -0.525. The van der Waals surface area contributed by atoms with Crippen LogP contribution in [0, 0.1) is 0 Å². The minimum absolute atomic E-state index is 0.525. The Morgan fingerprint density at radius 1 is 0.148 bits per heavy atom. The lowest BCUT2D eigenvalue weighted by atomic mass is 9.67. The first kappa shape index (κ1) is 84.6. The Bertz CT molecular complexity index is 9360. The Balaban J connectivity index is 0.000000112. The number of fused-ring (bicyclic) bond motifs is 18. The SMILES string of the molecule is c1ccc(-c2nc(-c3ccc(-c4cccc5c4ccc4c6ccccc6sc54)cc3)nc(-c3ccc4c(c3)C(c3ccccc3)(c3ccccc3)c3ccccc3-4)n2)cc1.c1ccc(-c2nc(-c3ccccc3)nc(-c3ccc(-c4cccc5ccc6c7ccccc7sc6c45)cc3)n2)cc1.c1ccc(-c2nc(-c3ccccc3)nc(-c3cccc(-c4cccc5ccc6c7ccccc7sc6c45)c3)n2)cc1. The van der Waals surface area contributed by atoms with E-state index in [1.807, 2.05) is 174 Å². The molecule has 1 aliphatic rings. The van der Waals surface area contributed by atoms with E-state index in [0.717, 1.165) is 61.2 Å². The summed E-state index contributed by atoms with van der Waals surface area (Å²) in [6.07, 6.45) is 0. The van der Waals surface area contributed by atoms with Gasteiger partial charge in [-0.15, -0.1) is 34.0 Å². The molecule has 0 spiro atoms. The van der Waals surface area contributed by atoms with Crippen molar-refractivity contribution < 1.29 is 0 Å². The maximum absolute atomic E-state index is 5.25. The summed E-state index contributed by atoms with van der Waals surface area (Å²) in [7, 11) is 0. The molecule has 0 saturated carbocycles. The van der Waals surface area contributed by atoms with Gasteiger partial charge in [0.25, 0.3) is 0 Å². The Labute approximate surface area is 831 Å². The monoisotopic (exact) mass is 1860 g/mol. The molecule has 28 rings (SSSR count). The smallest absolute Gasteiger partial charge is 0.164 e. The fourth-order valence-electron chi connectivity index (χ4n) is 20.6. The zero-order valence-electron chi connectivity index (χ0n) is 76.5. The van der Waals surface area contributed by atoms with Crippen LogP contribution in [0.4, 0.5) is 0 Å². The van der Waals surface area contributed by atoms with Crippen LogP contribution in [-0.4, -0.2) is 44.9 Å². The minimum Gasteiger partial charge on any atom is -0.208 e. The molecule has 664 valence electrons. The average Bonchev–Trinajstić information content (AvgIpc) is 1.54. The van der Waals surface area contributed by atoms with Gasteiger partial charge in [0.2, 0.25) is 0 Å². The normalized spacial score (nSPS) is 12.0. The fourth-order valence-corrected chi connectivity index (χ4v) is 24.4. The van der Waals surface area contributed by atoms with Gasteiger partial charge in [0.15, 0.2) is 52.4 Å². The predicted molar refractivity (Wildman–Crippen MR) is 593 cm³/mol. The molecule has 6 heterocycles. The molecule has 1 aliphatic carbocycles. The molecular formula is C130H81N9S3. The zero-order valence-corrected chi connectivity index (χ0v) is 79.0. The van der Waals surface area contributed by atoms with Crippen molar-refractivity contribution in [3.8, 4) is 147 Å². The van der Waals surface area contributed by atoms with Crippen molar-refractivity contribution in [1.82, 2.24) is 44.9 Å². The third-order valence-corrected chi connectivity index (χ3v) is 30.9. The molecule has 142 heavy (non-hydrogen) atoms. The van der Waals surface area contributed by atoms with Crippen LogP contribution >= 0.6 is 34.0 Å². The molecule has 12 heteroatoms. The van der Waals surface area contributed by atoms with E-state index in [1.54, 1.807) is 0 Å². The second-order valence-corrected chi connectivity index (χ2v) is 38.8. The molecule has 0 fully saturated rings. The molecule has 0 aliphatic heterocycles. The average molecular weight is 1870 g/mol. The maximum Gasteiger partial charge on any atom is 0.164 e. The molecule has 27 aromatic rings. The highest BCUT2D eigenvalue weighted by Crippen LogP contribution is 2.57. The van der Waals surface area contributed by atoms with Crippen LogP contribution in [0.3, 0.4) is 0 Å². The van der Waals surface area contributed by atoms with Crippen molar-refractivity contribution in [2.45, 2.75) is 5.41 Å². The van der Waals surface area contributed by atoms with E-state index < -0.39 is 5.41 Å². The highest BCUT2D eigenvalue weighted by molar-refractivity contribution is 7.27. The van der Waals surface area contributed by atoms with Gasteiger partial charge in [0.1, 0.15) is 0 Å². The summed E-state index contributed by atoms with van der Waals surface area (Å²) < 4.78 is 7.93. The Hall–Kier alpha value is -17.9. The lowest BCUT2D eigenvalue weighted by Gasteiger charge is -2.34. The lowest BCUT2D eigenvalue weighted by Crippen LogP contribution is -2.28. The van der Waals surface area contributed by atoms with E-state index in [0.29, 0.717) is 52.4 Å². The summed E-state index contributed by atoms with van der Waals surface area (Å²) in [5.74, 6) is 5.89. The van der Waals surface area contributed by atoms with Gasteiger partial charge in [-0.3, -0.25) is 0 Å². The molecule has 9 nitrogen and oxygen atoms in total. The zero-order chi connectivity index (χ0) is 94.0. The number of aromatic nitrogens is 9. The first-order valence-electron chi connectivity index (χ1n) is 47.6. The molecule has 0 bridgehead atoms. The van der Waals surface area contributed by atoms with Gasteiger partial charge in [0, 0.05) is 127 Å². The molecule has 0 radical (unpaired) electrons. The summed E-state index contributed by atoms with van der Waals surface area (Å²) in [5, 5.41) is 15.5. The van der Waals surface area contributed by atoms with E-state index in [1.165, 1.54) is 148 Å². The standard InChI is InChI=1S/C56H35N3S.2C37H23N3S/c1-4-15-37(16-5-1)53-57-54(38-29-27-36(28-30-38)42-23-14-24-47-43(42)33-34-48-46-22-11-13-26-51(46)60-52(47)48)59-55(58-53)39-31-32-45-44-21-10-12-25-49(44)56(50(45)35-39,40-17-6-2-7-18-40)41-19-8-3-9-20-41;1-3-11-25(12-4-1)35-38-36(26-13-5-2-6-14-26)40-37(39-35)28-17-9-16-27(23-28)29-19-10-15-24-21-22-31-30-18-7-8-20-32(30)41-34(31)33(24)29;1-3-10-26(11-4-1)35-38-36(27-12-5-2-6-13-27)40-37(39-35)28-20-18-24(19-21-28)29-16-9-14-25-22-23-31-30-15-7-8-17-32(30)41-34(31)33(25)29/h1-35H;2*1-23H. The van der Waals surface area contributed by atoms with Crippen molar-refractivity contribution >= 4 is 127 Å². The molecule has 0 N–H and O–H groups in total. The van der Waals surface area contributed by atoms with Gasteiger partial charge < -0.3 is 0 Å². The lowest BCUT2D eigenvalue weighted by molar-refractivity contribution is 0.768. The molecule has 21 aromatic carbocycles. The second kappa shape index (κ2) is 36.2. The van der Waals surface area contributed by atoms with Crippen molar-refractivity contribution in [3.63, 3.8) is 0 Å². The van der Waals surface area contributed by atoms with Crippen LogP contribution in [-0.2, 0) is 5.41 Å². The highest BCUT2D eigenvalue weighted by atomic mass is 32.1. The van der Waals surface area contributed by atoms with Gasteiger partial charge in [-0.2, -0.15) is 0 Å². The highest BCUT2D eigenvalue weighted by Gasteiger charge is 2.46. The van der Waals surface area contributed by atoms with Gasteiger partial charge in [-0.25, -0.2) is 44.9 Å². The van der Waals surface area contributed by atoms with Crippen LogP contribution < -0.4 is 0 Å². The summed E-state index contributed by atoms with van der Waals surface area (Å²) >= 11 is 5.61. The third kappa shape index (κ3) is 15.3. The number of nitrogens with zero attached hydrogens (tertiary/aromatic N) is 9. The fraction of sp³-hybridized carbons (Fsp3) is 0.00769. The van der Waals surface area contributed by atoms with Gasteiger partial charge >= 0.3 is 0 Å². The van der Waals surface area contributed by atoms with E-state index in [-0.39, 0.29) is 0 Å². The van der Waals surface area contributed by atoms with Crippen LogP contribution in [0.2, 0.25) is 0 Å². The van der Waals surface area contributed by atoms with Crippen LogP contribution in [0.5, 0.6) is 0 Å². The van der Waals surface area contributed by atoms with Gasteiger partial charge in [0.05, 0.1) is 5.41 Å². The number of hydrogen-bond acceptors (Lipinski definition) is 12. The summed E-state index contributed by atoms with van der Waals surface area (Å²) in [4.78, 5) is 44.9. The largest absolute Gasteiger partial charge is 0.208 e. The van der Waals surface area contributed by atoms with Gasteiger partial charge in [-0.1, -0.05) is 461 Å². The molecular weight excluding hydrogens is 1780 g/mol. The number of thiophene rings is 3. The van der Waals surface area contributed by atoms with E-state index in [2.05, 4.69) is 352 Å². The first-order chi connectivity index (χ1) is 70.4. The maximum atomic E-state index is 5.25. The number of hydrogen-bond donors (Lipinski definition) is 0. The van der Waals surface area contributed by atoms with Gasteiger partial charge in [-0.05, 0) is 113 Å². The second-order valence-electron chi connectivity index (χ2n) is 35.6. The van der Waals surface area contributed by atoms with Crippen molar-refractivity contribution in [1.29, 1.82) is 0 Å². The first-order valence-corrected chi connectivity index (χ1v) is 50.0. The van der Waals surface area contributed by atoms with Crippen molar-refractivity contribution in [2.75, 3.05) is 0 Å². The van der Waals surface area contributed by atoms with E-state index in [4.69, 9.17) is 44.9 Å². The predicted octanol–water partition coefficient (Wildman–Crippen LogP) is 34.5.